The number of carboxylic acid groups (broad SMARTS) is 2. The number of carbonyl (C=O) groups is 3. The number of carboxylic acids is 2. The molecule has 0 unspecified atom stereocenters. The van der Waals surface area contributed by atoms with Crippen LogP contribution in [0.4, 0.5) is 0 Å². The van der Waals surface area contributed by atoms with Crippen molar-refractivity contribution in [1.29, 1.82) is 0 Å². The van der Waals surface area contributed by atoms with Gasteiger partial charge in [-0.15, -0.1) is 0 Å². The van der Waals surface area contributed by atoms with Crippen LogP contribution in [-0.2, 0) is 22.4 Å². The van der Waals surface area contributed by atoms with E-state index in [1.807, 2.05) is 54.6 Å². The predicted molar refractivity (Wildman–Crippen MR) is 167 cm³/mol. The number of unbranched alkanes of at least 4 members (excludes halogenated alkanes) is 3. The molecule has 8 nitrogen and oxygen atoms in total. The van der Waals surface area contributed by atoms with Gasteiger partial charge in [0.1, 0.15) is 11.5 Å². The first-order chi connectivity index (χ1) is 20.6. The zero-order valence-electron chi connectivity index (χ0n) is 24.8. The number of carbonyl (C=O) groups excluding carboxylic acids is 1. The Balaban J connectivity index is 1.54. The maximum atomic E-state index is 12.7. The lowest BCUT2D eigenvalue weighted by atomic mass is 9.97. The third-order valence-corrected chi connectivity index (χ3v) is 7.21. The maximum Gasteiger partial charge on any atom is 0.303 e. The van der Waals surface area contributed by atoms with E-state index in [-0.39, 0.29) is 25.4 Å². The highest BCUT2D eigenvalue weighted by molar-refractivity contribution is 6.30. The fourth-order valence-electron chi connectivity index (χ4n) is 4.74. The summed E-state index contributed by atoms with van der Waals surface area (Å²) in [5.41, 5.74) is 4.32. The molecular weight excluding hydrogens is 570 g/mol. The Kier molecular flexibility index (Phi) is 13.4. The zero-order chi connectivity index (χ0) is 31.2. The summed E-state index contributed by atoms with van der Waals surface area (Å²) in [6, 6.07) is 18.8. The first kappa shape index (κ1) is 33.5. The molecule has 1 amide bonds. The highest BCUT2D eigenvalue weighted by Crippen LogP contribution is 2.29. The molecule has 0 radical (unpaired) electrons. The van der Waals surface area contributed by atoms with Crippen molar-refractivity contribution in [3.8, 4) is 22.6 Å². The molecule has 3 aromatic carbocycles. The minimum Gasteiger partial charge on any atom is -0.494 e. The number of amides is 1. The van der Waals surface area contributed by atoms with Crippen molar-refractivity contribution >= 4 is 29.4 Å². The minimum absolute atomic E-state index is 0.000904. The molecule has 43 heavy (non-hydrogen) atoms. The number of aryl methyl sites for hydroxylation is 1. The van der Waals surface area contributed by atoms with Gasteiger partial charge >= 0.3 is 11.9 Å². The van der Waals surface area contributed by atoms with Gasteiger partial charge in [-0.2, -0.15) is 0 Å². The van der Waals surface area contributed by atoms with Gasteiger partial charge in [-0.05, 0) is 90.8 Å². The van der Waals surface area contributed by atoms with E-state index >= 15 is 0 Å². The van der Waals surface area contributed by atoms with Crippen molar-refractivity contribution in [2.24, 2.45) is 0 Å². The van der Waals surface area contributed by atoms with Crippen LogP contribution in [-0.4, -0.2) is 60.3 Å². The van der Waals surface area contributed by atoms with E-state index in [0.29, 0.717) is 41.5 Å². The first-order valence-electron chi connectivity index (χ1n) is 14.6. The average Bonchev–Trinajstić information content (AvgIpc) is 2.97. The van der Waals surface area contributed by atoms with Crippen LogP contribution in [0.25, 0.3) is 11.1 Å². The fourth-order valence-corrected chi connectivity index (χ4v) is 4.86. The number of rotatable bonds is 18. The summed E-state index contributed by atoms with van der Waals surface area (Å²) in [4.78, 5) is 36.3. The van der Waals surface area contributed by atoms with Crippen molar-refractivity contribution in [1.82, 2.24) is 4.90 Å². The van der Waals surface area contributed by atoms with Crippen molar-refractivity contribution in [2.75, 3.05) is 27.3 Å². The number of ether oxygens (including phenoxy) is 2. The highest BCUT2D eigenvalue weighted by Gasteiger charge is 2.14. The summed E-state index contributed by atoms with van der Waals surface area (Å²) in [6.45, 7) is 0.784. The normalized spacial score (nSPS) is 10.8. The van der Waals surface area contributed by atoms with Crippen molar-refractivity contribution in [2.45, 2.75) is 57.8 Å². The van der Waals surface area contributed by atoms with Gasteiger partial charge in [0.2, 0.25) is 0 Å². The zero-order valence-corrected chi connectivity index (χ0v) is 25.6. The van der Waals surface area contributed by atoms with Gasteiger partial charge in [0.25, 0.3) is 5.91 Å². The van der Waals surface area contributed by atoms with Crippen molar-refractivity contribution in [3.63, 3.8) is 0 Å². The molecule has 0 aliphatic heterocycles. The third kappa shape index (κ3) is 11.3. The van der Waals surface area contributed by atoms with Crippen LogP contribution in [0.3, 0.4) is 0 Å². The Morgan fingerprint density at radius 2 is 1.44 bits per heavy atom. The van der Waals surface area contributed by atoms with E-state index in [4.69, 9.17) is 26.2 Å². The molecule has 3 rings (SSSR count). The molecule has 3 aromatic rings. The third-order valence-electron chi connectivity index (χ3n) is 6.96. The maximum absolute atomic E-state index is 12.7. The van der Waals surface area contributed by atoms with Crippen LogP contribution >= 0.6 is 11.6 Å². The van der Waals surface area contributed by atoms with Gasteiger partial charge in [-0.1, -0.05) is 48.7 Å². The van der Waals surface area contributed by atoms with Gasteiger partial charge in [0.05, 0.1) is 13.2 Å². The van der Waals surface area contributed by atoms with E-state index in [0.717, 1.165) is 54.4 Å². The summed E-state index contributed by atoms with van der Waals surface area (Å²) in [5, 5.41) is 18.7. The molecule has 2 N–H and O–H groups in total. The lowest BCUT2D eigenvalue weighted by Crippen LogP contribution is -2.21. The molecule has 0 fully saturated rings. The Bertz CT molecular complexity index is 1370. The van der Waals surface area contributed by atoms with E-state index in [1.165, 1.54) is 0 Å². The second kappa shape index (κ2) is 17.2. The molecule has 0 atom stereocenters. The largest absolute Gasteiger partial charge is 0.494 e. The van der Waals surface area contributed by atoms with Crippen LogP contribution in [0.15, 0.2) is 60.7 Å². The fraction of sp³-hybridized carbons (Fsp3) is 0.382. The lowest BCUT2D eigenvalue weighted by molar-refractivity contribution is -0.138. The van der Waals surface area contributed by atoms with Crippen molar-refractivity contribution in [3.05, 3.63) is 82.4 Å². The Hall–Kier alpha value is -4.04. The van der Waals surface area contributed by atoms with Gasteiger partial charge in [-0.3, -0.25) is 14.4 Å². The van der Waals surface area contributed by atoms with Crippen LogP contribution in [0.2, 0.25) is 5.02 Å². The molecule has 0 saturated carbocycles. The topological polar surface area (TPSA) is 113 Å². The van der Waals surface area contributed by atoms with Crippen LogP contribution in [0.1, 0.15) is 66.4 Å². The molecular formula is C34H40ClNO7. The number of nitrogens with zero attached hydrogens (tertiary/aromatic N) is 1. The summed E-state index contributed by atoms with van der Waals surface area (Å²) in [6.07, 6.45) is 5.27. The molecule has 0 aromatic heterocycles. The Labute approximate surface area is 258 Å². The van der Waals surface area contributed by atoms with Gasteiger partial charge in [0, 0.05) is 37.5 Å². The summed E-state index contributed by atoms with van der Waals surface area (Å²) in [5.74, 6) is -0.572. The van der Waals surface area contributed by atoms with E-state index in [1.54, 1.807) is 25.1 Å². The highest BCUT2D eigenvalue weighted by atomic mass is 35.5. The number of aliphatic carboxylic acids is 2. The summed E-state index contributed by atoms with van der Waals surface area (Å²) < 4.78 is 11.9. The van der Waals surface area contributed by atoms with Gasteiger partial charge in [0.15, 0.2) is 0 Å². The van der Waals surface area contributed by atoms with Crippen molar-refractivity contribution < 1.29 is 34.1 Å². The molecule has 9 heteroatoms. The van der Waals surface area contributed by atoms with Gasteiger partial charge < -0.3 is 24.6 Å². The summed E-state index contributed by atoms with van der Waals surface area (Å²) >= 11 is 6.05. The van der Waals surface area contributed by atoms with Crippen LogP contribution < -0.4 is 9.47 Å². The minimum atomic E-state index is -0.872. The van der Waals surface area contributed by atoms with E-state index in [2.05, 4.69) is 0 Å². The van der Waals surface area contributed by atoms with E-state index < -0.39 is 11.9 Å². The quantitative estimate of drug-likeness (QED) is 0.147. The molecule has 0 saturated heterocycles. The smallest absolute Gasteiger partial charge is 0.303 e. The Morgan fingerprint density at radius 3 is 2.14 bits per heavy atom. The standard InChI is InChI=1S/C34H40ClNO7/c1-36(2)34(41)27-21-26(24-13-15-28(35)16-14-24)22-29(23-27)42-19-6-4-3-5-9-25-10-7-11-31(30(25)17-18-33(39)40)43-20-8-12-32(37)38/h7,10-11,13-16,21-23H,3-6,8-9,12,17-20H2,1-2H3,(H,37,38)(H,39,40). The molecule has 0 aliphatic carbocycles. The van der Waals surface area contributed by atoms with Gasteiger partial charge in [-0.25, -0.2) is 0 Å². The first-order valence-corrected chi connectivity index (χ1v) is 14.9. The molecule has 0 bridgehead atoms. The second-order valence-electron chi connectivity index (χ2n) is 10.6. The molecule has 0 spiro atoms. The lowest BCUT2D eigenvalue weighted by Gasteiger charge is -2.15. The summed E-state index contributed by atoms with van der Waals surface area (Å²) in [7, 11) is 3.44. The molecule has 230 valence electrons. The monoisotopic (exact) mass is 609 g/mol. The average molecular weight is 610 g/mol. The second-order valence-corrected chi connectivity index (χ2v) is 11.0. The van der Waals surface area contributed by atoms with Crippen LogP contribution in [0, 0.1) is 0 Å². The number of halogens is 1. The number of hydrogen-bond donors (Lipinski definition) is 2. The number of hydrogen-bond acceptors (Lipinski definition) is 5. The van der Waals surface area contributed by atoms with E-state index in [9.17, 15) is 19.5 Å². The molecule has 0 aliphatic rings. The Morgan fingerprint density at radius 1 is 0.744 bits per heavy atom. The number of benzene rings is 3. The predicted octanol–water partition coefficient (Wildman–Crippen LogP) is 7.15. The SMILES string of the molecule is CN(C)C(=O)c1cc(OCCCCCCc2cccc(OCCCC(=O)O)c2CCC(=O)O)cc(-c2ccc(Cl)cc2)c1. The molecule has 0 heterocycles. The van der Waals surface area contributed by atoms with Crippen LogP contribution in [0.5, 0.6) is 11.5 Å².